The van der Waals surface area contributed by atoms with Crippen molar-refractivity contribution in [2.24, 2.45) is 5.14 Å². The third-order valence-corrected chi connectivity index (χ3v) is 3.47. The number of hydrogen-bond donors (Lipinski definition) is 1. The summed E-state index contributed by atoms with van der Waals surface area (Å²) in [4.78, 5) is 1.21. The topological polar surface area (TPSA) is 60.2 Å². The van der Waals surface area contributed by atoms with Gasteiger partial charge in [-0.25, -0.2) is 13.6 Å². The van der Waals surface area contributed by atoms with Crippen LogP contribution >= 0.6 is 11.8 Å². The van der Waals surface area contributed by atoms with Crippen molar-refractivity contribution in [3.8, 4) is 0 Å². The van der Waals surface area contributed by atoms with E-state index in [0.29, 0.717) is 5.25 Å². The van der Waals surface area contributed by atoms with Crippen LogP contribution in [-0.2, 0) is 10.0 Å². The van der Waals surface area contributed by atoms with Crippen molar-refractivity contribution in [1.29, 1.82) is 0 Å². The summed E-state index contributed by atoms with van der Waals surface area (Å²) in [5, 5.41) is 5.46. The zero-order chi connectivity index (χ0) is 10.8. The largest absolute Gasteiger partial charge is 1.00 e. The number of rotatable bonds is 3. The van der Waals surface area contributed by atoms with Crippen molar-refractivity contribution < 1.29 is 61.2 Å². The van der Waals surface area contributed by atoms with E-state index in [9.17, 15) is 8.42 Å². The van der Waals surface area contributed by atoms with Gasteiger partial charge in [0.15, 0.2) is 0 Å². The van der Waals surface area contributed by atoms with Crippen LogP contribution < -0.4 is 56.5 Å². The zero-order valence-corrected chi connectivity index (χ0v) is 13.9. The molecule has 0 aliphatic carbocycles. The minimum Gasteiger partial charge on any atom is -1.00 e. The second-order valence-corrected chi connectivity index (χ2v) is 6.39. The second-order valence-electron chi connectivity index (χ2n) is 3.18. The van der Waals surface area contributed by atoms with E-state index in [2.05, 4.69) is 13.8 Å². The Morgan fingerprint density at radius 3 is 2.07 bits per heavy atom. The fourth-order valence-corrected chi connectivity index (χ4v) is 2.33. The molecular formula is C9H14KNO2S2. The van der Waals surface area contributed by atoms with Gasteiger partial charge in [0.1, 0.15) is 0 Å². The van der Waals surface area contributed by atoms with Crippen molar-refractivity contribution in [1.82, 2.24) is 0 Å². The second kappa shape index (κ2) is 6.76. The summed E-state index contributed by atoms with van der Waals surface area (Å²) in [6.45, 7) is 4.16. The van der Waals surface area contributed by atoms with Crippen LogP contribution in [0.25, 0.3) is 0 Å². The van der Waals surface area contributed by atoms with Gasteiger partial charge < -0.3 is 1.43 Å². The van der Waals surface area contributed by atoms with Crippen LogP contribution in [-0.4, -0.2) is 13.7 Å². The van der Waals surface area contributed by atoms with Gasteiger partial charge in [-0.15, -0.1) is 11.8 Å². The molecule has 0 amide bonds. The summed E-state index contributed by atoms with van der Waals surface area (Å²) in [5.41, 5.74) is 0. The molecule has 6 heteroatoms. The molecule has 15 heavy (non-hydrogen) atoms. The molecule has 0 heterocycles. The minimum atomic E-state index is -3.56. The maximum absolute atomic E-state index is 10.9. The SMILES string of the molecule is CC(C)Sc1ccc(S(N)(=O)=O)cc1.[H-].[K+]. The Morgan fingerprint density at radius 2 is 1.73 bits per heavy atom. The Kier molecular flexibility index (Phi) is 7.26. The van der Waals surface area contributed by atoms with Gasteiger partial charge in [-0.05, 0) is 24.3 Å². The third kappa shape index (κ3) is 5.83. The van der Waals surface area contributed by atoms with Gasteiger partial charge >= 0.3 is 51.4 Å². The van der Waals surface area contributed by atoms with Gasteiger partial charge in [0, 0.05) is 10.1 Å². The van der Waals surface area contributed by atoms with Crippen LogP contribution in [0.5, 0.6) is 0 Å². The van der Waals surface area contributed by atoms with Gasteiger partial charge in [-0.2, -0.15) is 0 Å². The predicted octanol–water partition coefficient (Wildman–Crippen LogP) is -1.05. The first-order chi connectivity index (χ1) is 6.39. The minimum absolute atomic E-state index is 0. The first-order valence-corrected chi connectivity index (χ1v) is 6.62. The van der Waals surface area contributed by atoms with Gasteiger partial charge in [0.25, 0.3) is 0 Å². The van der Waals surface area contributed by atoms with Crippen LogP contribution in [0.3, 0.4) is 0 Å². The van der Waals surface area contributed by atoms with Crippen LogP contribution in [0.4, 0.5) is 0 Å². The molecule has 1 aromatic carbocycles. The molecule has 0 bridgehead atoms. The van der Waals surface area contributed by atoms with E-state index in [0.717, 1.165) is 4.90 Å². The molecule has 1 rings (SSSR count). The first kappa shape index (κ1) is 16.1. The fraction of sp³-hybridized carbons (Fsp3) is 0.333. The maximum atomic E-state index is 10.9. The Hall–Kier alpha value is 1.12. The van der Waals surface area contributed by atoms with E-state index < -0.39 is 10.0 Å². The van der Waals surface area contributed by atoms with E-state index in [1.807, 2.05) is 0 Å². The normalized spacial score (nSPS) is 11.2. The van der Waals surface area contributed by atoms with Gasteiger partial charge in [0.2, 0.25) is 10.0 Å². The van der Waals surface area contributed by atoms with E-state index in [-0.39, 0.29) is 57.7 Å². The summed E-state index contributed by atoms with van der Waals surface area (Å²) in [7, 11) is -3.56. The van der Waals surface area contributed by atoms with Gasteiger partial charge in [-0.1, -0.05) is 13.8 Å². The smallest absolute Gasteiger partial charge is 1.00 e. The molecule has 0 aliphatic rings. The van der Waals surface area contributed by atoms with Crippen molar-refractivity contribution in [2.75, 3.05) is 0 Å². The van der Waals surface area contributed by atoms with Crippen LogP contribution in [0.15, 0.2) is 34.1 Å². The number of benzene rings is 1. The van der Waals surface area contributed by atoms with E-state index in [1.165, 1.54) is 12.1 Å². The molecule has 80 valence electrons. The van der Waals surface area contributed by atoms with Gasteiger partial charge in [0.05, 0.1) is 4.90 Å². The number of thioether (sulfide) groups is 1. The van der Waals surface area contributed by atoms with E-state index >= 15 is 0 Å². The van der Waals surface area contributed by atoms with Crippen LogP contribution in [0, 0.1) is 0 Å². The number of hydrogen-bond acceptors (Lipinski definition) is 3. The predicted molar refractivity (Wildman–Crippen MR) is 59.9 cm³/mol. The molecule has 0 atom stereocenters. The molecule has 0 spiro atoms. The summed E-state index contributed by atoms with van der Waals surface area (Å²) in [5.74, 6) is 0. The standard InChI is InChI=1S/C9H13NO2S2.K.H/c1-7(2)13-8-3-5-9(6-4-8)14(10,11)12;;/h3-7H,1-2H3,(H2,10,11,12);;/q;+1;-1. The van der Waals surface area contributed by atoms with E-state index in [4.69, 9.17) is 5.14 Å². The molecule has 0 fully saturated rings. The maximum Gasteiger partial charge on any atom is 1.00 e. The molecule has 1 aromatic rings. The van der Waals surface area contributed by atoms with Crippen LogP contribution in [0.1, 0.15) is 15.3 Å². The monoisotopic (exact) mass is 271 g/mol. The van der Waals surface area contributed by atoms with Gasteiger partial charge in [-0.3, -0.25) is 0 Å². The number of sulfonamides is 1. The fourth-order valence-electron chi connectivity index (χ4n) is 0.980. The third-order valence-electron chi connectivity index (χ3n) is 1.52. The summed E-state index contributed by atoms with van der Waals surface area (Å²) in [6, 6.07) is 6.59. The summed E-state index contributed by atoms with van der Waals surface area (Å²) < 4.78 is 21.9. The number of nitrogens with two attached hydrogens (primary N) is 1. The van der Waals surface area contributed by atoms with Crippen molar-refractivity contribution in [3.05, 3.63) is 24.3 Å². The number of primary sulfonamides is 1. The Bertz CT molecular complexity index is 406. The summed E-state index contributed by atoms with van der Waals surface area (Å²) in [6.07, 6.45) is 0. The molecule has 2 N–H and O–H groups in total. The van der Waals surface area contributed by atoms with Crippen molar-refractivity contribution >= 4 is 21.8 Å². The Morgan fingerprint density at radius 1 is 1.27 bits per heavy atom. The molecular weight excluding hydrogens is 257 g/mol. The molecule has 0 aromatic heterocycles. The Labute approximate surface area is 139 Å². The quantitative estimate of drug-likeness (QED) is 0.564. The Balaban J connectivity index is 0. The van der Waals surface area contributed by atoms with E-state index in [1.54, 1.807) is 23.9 Å². The summed E-state index contributed by atoms with van der Waals surface area (Å²) >= 11 is 1.68. The first-order valence-electron chi connectivity index (χ1n) is 4.19. The molecule has 0 saturated heterocycles. The zero-order valence-electron chi connectivity index (χ0n) is 10.1. The van der Waals surface area contributed by atoms with Crippen molar-refractivity contribution in [3.63, 3.8) is 0 Å². The molecule has 0 unspecified atom stereocenters. The average molecular weight is 271 g/mol. The van der Waals surface area contributed by atoms with Crippen LogP contribution in [0.2, 0.25) is 0 Å². The van der Waals surface area contributed by atoms with Crippen molar-refractivity contribution in [2.45, 2.75) is 28.9 Å². The molecule has 0 radical (unpaired) electrons. The average Bonchev–Trinajstić information content (AvgIpc) is 2.02. The molecule has 3 nitrogen and oxygen atoms in total. The molecule has 0 aliphatic heterocycles. The molecule has 0 saturated carbocycles.